The average molecular weight is 467 g/mol. The number of nitrogens with one attached hydrogen (secondary N) is 3. The van der Waals surface area contributed by atoms with E-state index in [1.807, 2.05) is 35.7 Å². The molecule has 0 aliphatic carbocycles. The summed E-state index contributed by atoms with van der Waals surface area (Å²) in [5.41, 5.74) is 5.62. The third kappa shape index (κ3) is 4.99. The number of hydrogen-bond donors (Lipinski definition) is 3. The molecule has 2 aromatic heterocycles. The van der Waals surface area contributed by atoms with Crippen molar-refractivity contribution in [3.8, 4) is 0 Å². The van der Waals surface area contributed by atoms with Crippen LogP contribution in [0.25, 0.3) is 10.9 Å². The van der Waals surface area contributed by atoms with Crippen molar-refractivity contribution in [3.05, 3.63) is 94.3 Å². The van der Waals surface area contributed by atoms with Crippen molar-refractivity contribution in [2.45, 2.75) is 11.4 Å². The standard InChI is InChI=1S/C22H18N4O4S2/c27-21(25-26-22(28)20-12-9-15-4-1-2-6-19(15)24-20)16-7-10-18(11-8-16)32(29,30)23-14-17-5-3-13-31-17/h1-13,23H,14H2,(H,25,27)(H,26,28). The molecule has 8 nitrogen and oxygen atoms in total. The SMILES string of the molecule is O=C(NNC(=O)c1ccc2ccccc2n1)c1ccc(S(=O)(=O)NCc2cccs2)cc1. The quantitative estimate of drug-likeness (QED) is 0.378. The van der Waals surface area contributed by atoms with Gasteiger partial charge in [-0.25, -0.2) is 18.1 Å². The number of amides is 2. The number of nitrogens with zero attached hydrogens (tertiary/aromatic N) is 1. The molecule has 4 aromatic rings. The molecular weight excluding hydrogens is 448 g/mol. The van der Waals surface area contributed by atoms with Gasteiger partial charge in [0.2, 0.25) is 10.0 Å². The van der Waals surface area contributed by atoms with Crippen LogP contribution < -0.4 is 15.6 Å². The first-order chi connectivity index (χ1) is 15.4. The fourth-order valence-electron chi connectivity index (χ4n) is 2.89. The van der Waals surface area contributed by atoms with Crippen molar-refractivity contribution in [1.82, 2.24) is 20.6 Å². The number of benzene rings is 2. The van der Waals surface area contributed by atoms with Crippen LogP contribution in [0.3, 0.4) is 0 Å². The molecule has 0 aliphatic heterocycles. The Hall–Kier alpha value is -3.60. The summed E-state index contributed by atoms with van der Waals surface area (Å²) in [7, 11) is -3.71. The number of aromatic nitrogens is 1. The van der Waals surface area contributed by atoms with Gasteiger partial charge < -0.3 is 0 Å². The maximum absolute atomic E-state index is 12.4. The summed E-state index contributed by atoms with van der Waals surface area (Å²) in [4.78, 5) is 29.8. The predicted molar refractivity (Wildman–Crippen MR) is 121 cm³/mol. The first kappa shape index (κ1) is 21.6. The van der Waals surface area contributed by atoms with E-state index in [0.717, 1.165) is 10.3 Å². The number of hydrazine groups is 1. The van der Waals surface area contributed by atoms with Crippen LogP contribution in [-0.4, -0.2) is 25.2 Å². The molecule has 162 valence electrons. The summed E-state index contributed by atoms with van der Waals surface area (Å²) in [6.07, 6.45) is 0. The molecular formula is C22H18N4O4S2. The molecule has 0 radical (unpaired) electrons. The van der Waals surface area contributed by atoms with E-state index in [0.29, 0.717) is 5.52 Å². The Bertz CT molecular complexity index is 1370. The molecule has 0 aliphatic rings. The van der Waals surface area contributed by atoms with Crippen LogP contribution in [0.1, 0.15) is 25.7 Å². The molecule has 0 atom stereocenters. The summed E-state index contributed by atoms with van der Waals surface area (Å²) in [5, 5.41) is 2.76. The average Bonchev–Trinajstić information content (AvgIpc) is 3.35. The largest absolute Gasteiger partial charge is 0.288 e. The fraction of sp³-hybridized carbons (Fsp3) is 0.0455. The lowest BCUT2D eigenvalue weighted by atomic mass is 10.2. The molecule has 0 spiro atoms. The second-order valence-corrected chi connectivity index (χ2v) is 9.52. The molecule has 0 fully saturated rings. The minimum Gasteiger partial charge on any atom is -0.267 e. The van der Waals surface area contributed by atoms with Gasteiger partial charge in [0, 0.05) is 22.4 Å². The molecule has 32 heavy (non-hydrogen) atoms. The Morgan fingerprint density at radius 2 is 1.59 bits per heavy atom. The number of carbonyl (C=O) groups is 2. The zero-order chi connectivity index (χ0) is 22.6. The first-order valence-corrected chi connectivity index (χ1v) is 11.9. The van der Waals surface area contributed by atoms with Crippen LogP contribution in [0.2, 0.25) is 0 Å². The lowest BCUT2D eigenvalue weighted by molar-refractivity contribution is 0.0844. The lowest BCUT2D eigenvalue weighted by Gasteiger charge is -2.09. The van der Waals surface area contributed by atoms with Gasteiger partial charge in [-0.2, -0.15) is 0 Å². The van der Waals surface area contributed by atoms with E-state index in [-0.39, 0.29) is 22.7 Å². The molecule has 0 unspecified atom stereocenters. The Morgan fingerprint density at radius 3 is 2.34 bits per heavy atom. The highest BCUT2D eigenvalue weighted by molar-refractivity contribution is 7.89. The second-order valence-electron chi connectivity index (χ2n) is 6.73. The summed E-state index contributed by atoms with van der Waals surface area (Å²) >= 11 is 1.45. The smallest absolute Gasteiger partial charge is 0.267 e. The van der Waals surface area contributed by atoms with Crippen LogP contribution in [0.4, 0.5) is 0 Å². The van der Waals surface area contributed by atoms with Crippen LogP contribution in [0, 0.1) is 0 Å². The van der Waals surface area contributed by atoms with Crippen LogP contribution in [0.5, 0.6) is 0 Å². The highest BCUT2D eigenvalue weighted by Crippen LogP contribution is 2.14. The molecule has 10 heteroatoms. The van der Waals surface area contributed by atoms with E-state index in [4.69, 9.17) is 0 Å². The number of fused-ring (bicyclic) bond motifs is 1. The molecule has 2 amide bonds. The van der Waals surface area contributed by atoms with E-state index >= 15 is 0 Å². The van der Waals surface area contributed by atoms with Crippen molar-refractivity contribution >= 4 is 44.1 Å². The van der Waals surface area contributed by atoms with Crippen molar-refractivity contribution in [2.75, 3.05) is 0 Å². The van der Waals surface area contributed by atoms with Gasteiger partial charge in [-0.05, 0) is 47.8 Å². The molecule has 2 aromatic carbocycles. The number of sulfonamides is 1. The van der Waals surface area contributed by atoms with Crippen molar-refractivity contribution < 1.29 is 18.0 Å². The Kier molecular flexibility index (Phi) is 6.26. The van der Waals surface area contributed by atoms with E-state index in [1.54, 1.807) is 18.2 Å². The number of rotatable bonds is 6. The van der Waals surface area contributed by atoms with Crippen molar-refractivity contribution in [1.29, 1.82) is 0 Å². The van der Waals surface area contributed by atoms with Gasteiger partial charge in [0.25, 0.3) is 11.8 Å². The highest BCUT2D eigenvalue weighted by Gasteiger charge is 2.16. The molecule has 0 bridgehead atoms. The zero-order valence-corrected chi connectivity index (χ0v) is 18.2. The van der Waals surface area contributed by atoms with Gasteiger partial charge in [0.1, 0.15) is 5.69 Å². The van der Waals surface area contributed by atoms with Gasteiger partial charge in [0.15, 0.2) is 0 Å². The summed E-state index contributed by atoms with van der Waals surface area (Å²) in [6, 6.07) is 19.8. The normalized spacial score (nSPS) is 11.2. The molecule has 0 saturated carbocycles. The van der Waals surface area contributed by atoms with Crippen molar-refractivity contribution in [2.24, 2.45) is 0 Å². The van der Waals surface area contributed by atoms with Crippen LogP contribution >= 0.6 is 11.3 Å². The minimum absolute atomic E-state index is 0.0370. The summed E-state index contributed by atoms with van der Waals surface area (Å²) < 4.78 is 27.3. The van der Waals surface area contributed by atoms with E-state index in [9.17, 15) is 18.0 Å². The fourth-order valence-corrected chi connectivity index (χ4v) is 4.63. The highest BCUT2D eigenvalue weighted by atomic mass is 32.2. The number of para-hydroxylation sites is 1. The third-order valence-corrected chi connectivity index (χ3v) is 6.86. The number of hydrogen-bond acceptors (Lipinski definition) is 6. The van der Waals surface area contributed by atoms with E-state index in [2.05, 4.69) is 20.6 Å². The monoisotopic (exact) mass is 466 g/mol. The Balaban J connectivity index is 1.36. The molecule has 0 saturated heterocycles. The number of thiophene rings is 1. The van der Waals surface area contributed by atoms with Gasteiger partial charge in [-0.1, -0.05) is 30.3 Å². The summed E-state index contributed by atoms with van der Waals surface area (Å²) in [6.45, 7) is 0.192. The lowest BCUT2D eigenvalue weighted by Crippen LogP contribution is -2.41. The van der Waals surface area contributed by atoms with E-state index in [1.165, 1.54) is 35.6 Å². The van der Waals surface area contributed by atoms with Gasteiger partial charge in [-0.3, -0.25) is 20.4 Å². The molecule has 3 N–H and O–H groups in total. The van der Waals surface area contributed by atoms with Crippen LogP contribution in [0.15, 0.2) is 83.1 Å². The van der Waals surface area contributed by atoms with Gasteiger partial charge in [-0.15, -0.1) is 11.3 Å². The maximum Gasteiger partial charge on any atom is 0.288 e. The number of pyridine rings is 1. The van der Waals surface area contributed by atoms with Gasteiger partial charge in [0.05, 0.1) is 10.4 Å². The maximum atomic E-state index is 12.4. The molecule has 2 heterocycles. The van der Waals surface area contributed by atoms with E-state index < -0.39 is 21.8 Å². The van der Waals surface area contributed by atoms with Crippen molar-refractivity contribution in [3.63, 3.8) is 0 Å². The zero-order valence-electron chi connectivity index (χ0n) is 16.6. The predicted octanol–water partition coefficient (Wildman–Crippen LogP) is 2.85. The number of carbonyl (C=O) groups excluding carboxylic acids is 2. The minimum atomic E-state index is -3.71. The third-order valence-electron chi connectivity index (χ3n) is 4.56. The molecule has 4 rings (SSSR count). The topological polar surface area (TPSA) is 117 Å². The first-order valence-electron chi connectivity index (χ1n) is 9.51. The Morgan fingerprint density at radius 1 is 0.844 bits per heavy atom. The Labute approximate surface area is 188 Å². The van der Waals surface area contributed by atoms with Gasteiger partial charge >= 0.3 is 0 Å². The second kappa shape index (κ2) is 9.27. The summed E-state index contributed by atoms with van der Waals surface area (Å²) in [5.74, 6) is -1.16. The van der Waals surface area contributed by atoms with Crippen LogP contribution in [-0.2, 0) is 16.6 Å².